The fourth-order valence-electron chi connectivity index (χ4n) is 1.94. The molecule has 80 valence electrons. The minimum Gasteiger partial charge on any atom is -0.496 e. The van der Waals surface area contributed by atoms with Gasteiger partial charge in [0.05, 0.1) is 13.7 Å². The fraction of sp³-hybridized carbons (Fsp3) is 0.364. The van der Waals surface area contributed by atoms with Crippen molar-refractivity contribution >= 4 is 5.97 Å². The van der Waals surface area contributed by atoms with Crippen LogP contribution in [0, 0.1) is 6.92 Å². The Bertz CT molecular complexity index is 419. The second-order valence-electron chi connectivity index (χ2n) is 3.48. The van der Waals surface area contributed by atoms with Crippen molar-refractivity contribution < 1.29 is 19.4 Å². The van der Waals surface area contributed by atoms with Gasteiger partial charge in [-0.05, 0) is 18.6 Å². The van der Waals surface area contributed by atoms with Gasteiger partial charge in [0.2, 0.25) is 0 Å². The molecule has 1 aromatic carbocycles. The number of carboxylic acid groups (broad SMARTS) is 1. The number of aromatic carboxylic acids is 1. The summed E-state index contributed by atoms with van der Waals surface area (Å²) in [6.07, 6.45) is 0.633. The van der Waals surface area contributed by atoms with Crippen LogP contribution in [0.25, 0.3) is 0 Å². The van der Waals surface area contributed by atoms with Crippen molar-refractivity contribution in [1.29, 1.82) is 0 Å². The Balaban J connectivity index is 2.71. The van der Waals surface area contributed by atoms with Gasteiger partial charge in [-0.15, -0.1) is 0 Å². The minimum atomic E-state index is -0.961. The number of carboxylic acids is 1. The van der Waals surface area contributed by atoms with E-state index in [1.54, 1.807) is 0 Å². The summed E-state index contributed by atoms with van der Waals surface area (Å²) in [6.45, 7) is 2.36. The Morgan fingerprint density at radius 1 is 1.60 bits per heavy atom. The fourth-order valence-corrected chi connectivity index (χ4v) is 1.94. The first-order valence-electron chi connectivity index (χ1n) is 4.71. The lowest BCUT2D eigenvalue weighted by atomic mass is 10.0. The molecular formula is C11H12O4. The molecule has 1 heterocycles. The van der Waals surface area contributed by atoms with Crippen molar-refractivity contribution in [2.24, 2.45) is 0 Å². The van der Waals surface area contributed by atoms with E-state index in [2.05, 4.69) is 0 Å². The number of benzene rings is 1. The Morgan fingerprint density at radius 2 is 2.33 bits per heavy atom. The van der Waals surface area contributed by atoms with E-state index in [9.17, 15) is 4.79 Å². The second-order valence-corrected chi connectivity index (χ2v) is 3.48. The molecule has 15 heavy (non-hydrogen) atoms. The Morgan fingerprint density at radius 3 is 2.93 bits per heavy atom. The number of aryl methyl sites for hydroxylation is 1. The van der Waals surface area contributed by atoms with Gasteiger partial charge in [0, 0.05) is 12.0 Å². The van der Waals surface area contributed by atoms with E-state index in [4.69, 9.17) is 14.6 Å². The molecule has 1 aliphatic heterocycles. The van der Waals surface area contributed by atoms with Gasteiger partial charge in [-0.3, -0.25) is 0 Å². The van der Waals surface area contributed by atoms with Crippen molar-refractivity contribution in [3.8, 4) is 11.5 Å². The van der Waals surface area contributed by atoms with E-state index in [1.807, 2.05) is 13.0 Å². The zero-order chi connectivity index (χ0) is 11.0. The molecular weight excluding hydrogens is 196 g/mol. The molecule has 0 aliphatic carbocycles. The number of hydrogen-bond donors (Lipinski definition) is 1. The maximum Gasteiger partial charge on any atom is 0.339 e. The SMILES string of the molecule is COc1c(C)cc2c(c1C(=O)O)CCO2. The highest BCUT2D eigenvalue weighted by Gasteiger charge is 2.26. The summed E-state index contributed by atoms with van der Waals surface area (Å²) in [5.74, 6) is 0.148. The van der Waals surface area contributed by atoms with E-state index in [0.717, 1.165) is 11.1 Å². The highest BCUT2D eigenvalue weighted by molar-refractivity contribution is 5.94. The number of methoxy groups -OCH3 is 1. The molecule has 0 bridgehead atoms. The number of rotatable bonds is 2. The normalized spacial score (nSPS) is 13.2. The molecule has 4 heteroatoms. The number of carbonyl (C=O) groups is 1. The largest absolute Gasteiger partial charge is 0.496 e. The Hall–Kier alpha value is -1.71. The van der Waals surface area contributed by atoms with Gasteiger partial charge >= 0.3 is 5.97 Å². The number of hydrogen-bond acceptors (Lipinski definition) is 3. The predicted octanol–water partition coefficient (Wildman–Crippen LogP) is 1.64. The van der Waals surface area contributed by atoms with Crippen molar-refractivity contribution in [1.82, 2.24) is 0 Å². The Labute approximate surface area is 87.4 Å². The summed E-state index contributed by atoms with van der Waals surface area (Å²) < 4.78 is 10.5. The topological polar surface area (TPSA) is 55.8 Å². The lowest BCUT2D eigenvalue weighted by molar-refractivity contribution is 0.0692. The van der Waals surface area contributed by atoms with Crippen molar-refractivity contribution in [3.63, 3.8) is 0 Å². The molecule has 2 rings (SSSR count). The maximum absolute atomic E-state index is 11.2. The molecule has 1 aliphatic rings. The van der Waals surface area contributed by atoms with Crippen LogP contribution in [0.3, 0.4) is 0 Å². The standard InChI is InChI=1S/C11H12O4/c1-6-5-8-7(3-4-15-8)9(11(12)13)10(6)14-2/h5H,3-4H2,1-2H3,(H,12,13). The van der Waals surface area contributed by atoms with Gasteiger partial charge in [0.1, 0.15) is 17.1 Å². The Kier molecular flexibility index (Phi) is 2.26. The minimum absolute atomic E-state index is 0.241. The maximum atomic E-state index is 11.2. The lowest BCUT2D eigenvalue weighted by Gasteiger charge is -2.11. The molecule has 0 fully saturated rings. The van der Waals surface area contributed by atoms with Crippen molar-refractivity contribution in [2.45, 2.75) is 13.3 Å². The number of ether oxygens (including phenoxy) is 2. The average Bonchev–Trinajstić information content (AvgIpc) is 2.62. The molecule has 0 spiro atoms. The van der Waals surface area contributed by atoms with E-state index in [-0.39, 0.29) is 5.56 Å². The van der Waals surface area contributed by atoms with Crippen LogP contribution >= 0.6 is 0 Å². The summed E-state index contributed by atoms with van der Waals surface area (Å²) in [5, 5.41) is 9.15. The van der Waals surface area contributed by atoms with Gasteiger partial charge in [-0.25, -0.2) is 4.79 Å². The lowest BCUT2D eigenvalue weighted by Crippen LogP contribution is -2.05. The summed E-state index contributed by atoms with van der Waals surface area (Å²) in [5.41, 5.74) is 1.77. The summed E-state index contributed by atoms with van der Waals surface area (Å²) >= 11 is 0. The smallest absolute Gasteiger partial charge is 0.339 e. The molecule has 0 aromatic heterocycles. The molecule has 0 unspecified atom stereocenters. The first-order chi connectivity index (χ1) is 7.15. The van der Waals surface area contributed by atoms with Gasteiger partial charge in [0.25, 0.3) is 0 Å². The van der Waals surface area contributed by atoms with Crippen molar-refractivity contribution in [3.05, 3.63) is 22.8 Å². The van der Waals surface area contributed by atoms with Gasteiger partial charge < -0.3 is 14.6 Å². The van der Waals surface area contributed by atoms with Crippen LogP contribution in [0.2, 0.25) is 0 Å². The molecule has 0 saturated heterocycles. The highest BCUT2D eigenvalue weighted by atomic mass is 16.5. The van der Waals surface area contributed by atoms with Gasteiger partial charge in [-0.2, -0.15) is 0 Å². The summed E-state index contributed by atoms with van der Waals surface area (Å²) in [6, 6.07) is 1.83. The zero-order valence-electron chi connectivity index (χ0n) is 8.66. The first-order valence-corrected chi connectivity index (χ1v) is 4.71. The van der Waals surface area contributed by atoms with Crippen LogP contribution in [-0.4, -0.2) is 24.8 Å². The number of fused-ring (bicyclic) bond motifs is 1. The van der Waals surface area contributed by atoms with Crippen molar-refractivity contribution in [2.75, 3.05) is 13.7 Å². The molecule has 0 amide bonds. The van der Waals surface area contributed by atoms with E-state index < -0.39 is 5.97 Å². The molecule has 0 saturated carbocycles. The summed E-state index contributed by atoms with van der Waals surface area (Å²) in [4.78, 5) is 11.2. The van der Waals surface area contributed by atoms with Crippen LogP contribution in [0.1, 0.15) is 21.5 Å². The van der Waals surface area contributed by atoms with Gasteiger partial charge in [-0.1, -0.05) is 0 Å². The van der Waals surface area contributed by atoms with Gasteiger partial charge in [0.15, 0.2) is 0 Å². The van der Waals surface area contributed by atoms with Crippen LogP contribution in [0.4, 0.5) is 0 Å². The zero-order valence-corrected chi connectivity index (χ0v) is 8.66. The van der Waals surface area contributed by atoms with E-state index >= 15 is 0 Å². The van der Waals surface area contributed by atoms with E-state index in [0.29, 0.717) is 24.5 Å². The molecule has 4 nitrogen and oxygen atoms in total. The van der Waals surface area contributed by atoms with Crippen LogP contribution in [0.15, 0.2) is 6.07 Å². The quantitative estimate of drug-likeness (QED) is 0.802. The molecule has 0 atom stereocenters. The third-order valence-electron chi connectivity index (χ3n) is 2.56. The second kappa shape index (κ2) is 3.46. The van der Waals surface area contributed by atoms with E-state index in [1.165, 1.54) is 7.11 Å². The summed E-state index contributed by atoms with van der Waals surface area (Å²) in [7, 11) is 1.48. The first kappa shape index (κ1) is 9.83. The van der Waals surface area contributed by atoms with Crippen LogP contribution < -0.4 is 9.47 Å². The average molecular weight is 208 g/mol. The molecule has 0 radical (unpaired) electrons. The third-order valence-corrected chi connectivity index (χ3v) is 2.56. The highest BCUT2D eigenvalue weighted by Crippen LogP contribution is 2.37. The molecule has 1 aromatic rings. The monoisotopic (exact) mass is 208 g/mol. The van der Waals surface area contributed by atoms with Crippen LogP contribution in [-0.2, 0) is 6.42 Å². The van der Waals surface area contributed by atoms with Crippen LogP contribution in [0.5, 0.6) is 11.5 Å². The molecule has 1 N–H and O–H groups in total. The predicted molar refractivity (Wildman–Crippen MR) is 53.9 cm³/mol. The third kappa shape index (κ3) is 1.42.